The van der Waals surface area contributed by atoms with Gasteiger partial charge in [-0.2, -0.15) is 0 Å². The lowest BCUT2D eigenvalue weighted by atomic mass is 10.2. The van der Waals surface area contributed by atoms with E-state index in [4.69, 9.17) is 4.74 Å². The fourth-order valence-corrected chi connectivity index (χ4v) is 1.58. The second kappa shape index (κ2) is 4.97. The van der Waals surface area contributed by atoms with Crippen molar-refractivity contribution in [1.29, 1.82) is 0 Å². The first kappa shape index (κ1) is 11.6. The molecule has 1 aromatic rings. The quantitative estimate of drug-likeness (QED) is 0.629. The number of hydrogen-bond acceptors (Lipinski definition) is 4. The third-order valence-corrected chi connectivity index (χ3v) is 2.55. The third-order valence-electron chi connectivity index (χ3n) is 2.55. The molecule has 2 rings (SSSR count). The van der Waals surface area contributed by atoms with E-state index in [1.165, 1.54) is 0 Å². The number of benzene rings is 1. The summed E-state index contributed by atoms with van der Waals surface area (Å²) in [4.78, 5) is 22.1. The number of alkyl carbamates (subject to hydrolysis) is 1. The number of esters is 1. The first-order chi connectivity index (χ1) is 8.16. The van der Waals surface area contributed by atoms with Crippen molar-refractivity contribution in [2.45, 2.75) is 25.7 Å². The van der Waals surface area contributed by atoms with Crippen molar-refractivity contribution in [2.75, 3.05) is 0 Å². The number of carbonyl (C=O) groups is 2. The Bertz CT molecular complexity index is 418. The van der Waals surface area contributed by atoms with Crippen molar-refractivity contribution in [1.82, 2.24) is 5.32 Å². The van der Waals surface area contributed by atoms with Gasteiger partial charge < -0.3 is 14.8 Å². The molecule has 5 nitrogen and oxygen atoms in total. The maximum Gasteiger partial charge on any atom is 0.415 e. The van der Waals surface area contributed by atoms with Gasteiger partial charge in [0.1, 0.15) is 0 Å². The Kier molecular flexibility index (Phi) is 3.39. The van der Waals surface area contributed by atoms with Crippen LogP contribution in [0.2, 0.25) is 0 Å². The molecule has 5 heteroatoms. The molecule has 90 valence electrons. The molecular weight excluding hydrogens is 222 g/mol. The smallest absolute Gasteiger partial charge is 0.375 e. The van der Waals surface area contributed by atoms with Crippen LogP contribution in [-0.4, -0.2) is 24.2 Å². The van der Waals surface area contributed by atoms with Crippen LogP contribution in [-0.2, 0) is 20.9 Å². The summed E-state index contributed by atoms with van der Waals surface area (Å²) >= 11 is 0. The number of rotatable bonds is 4. The van der Waals surface area contributed by atoms with Crippen LogP contribution in [0.1, 0.15) is 12.5 Å². The Balaban J connectivity index is 1.87. The van der Waals surface area contributed by atoms with Crippen molar-refractivity contribution in [3.8, 4) is 0 Å². The molecule has 1 aliphatic heterocycles. The van der Waals surface area contributed by atoms with E-state index in [0.29, 0.717) is 6.61 Å². The summed E-state index contributed by atoms with van der Waals surface area (Å²) in [6.07, 6.45) is -1.13. The number of nitrogens with one attached hydrogen (secondary N) is 1. The third kappa shape index (κ3) is 2.82. The summed E-state index contributed by atoms with van der Waals surface area (Å²) in [6.45, 7) is 2.11. The summed E-state index contributed by atoms with van der Waals surface area (Å²) in [6, 6.07) is 8.88. The van der Waals surface area contributed by atoms with Gasteiger partial charge in [0.05, 0.1) is 12.7 Å². The van der Waals surface area contributed by atoms with Crippen molar-refractivity contribution in [2.24, 2.45) is 0 Å². The molecule has 1 aliphatic rings. The van der Waals surface area contributed by atoms with Gasteiger partial charge in [-0.25, -0.2) is 9.59 Å². The predicted molar refractivity (Wildman–Crippen MR) is 59.1 cm³/mol. The van der Waals surface area contributed by atoms with E-state index in [1.807, 2.05) is 30.3 Å². The van der Waals surface area contributed by atoms with Crippen molar-refractivity contribution < 1.29 is 19.1 Å². The summed E-state index contributed by atoms with van der Waals surface area (Å²) in [5.74, 6) is -0.587. The molecule has 2 unspecified atom stereocenters. The minimum atomic E-state index is -0.716. The molecule has 1 amide bonds. The molecule has 1 saturated heterocycles. The number of carbonyl (C=O) groups excluding carboxylic acids is 2. The first-order valence-electron chi connectivity index (χ1n) is 5.34. The van der Waals surface area contributed by atoms with Crippen molar-refractivity contribution >= 4 is 12.1 Å². The molecule has 0 aromatic heterocycles. The van der Waals surface area contributed by atoms with E-state index in [-0.39, 0.29) is 0 Å². The predicted octanol–water partition coefficient (Wildman–Crippen LogP) is 1.23. The van der Waals surface area contributed by atoms with E-state index < -0.39 is 24.2 Å². The Hall–Kier alpha value is -1.88. The van der Waals surface area contributed by atoms with E-state index in [1.54, 1.807) is 6.92 Å². The van der Waals surface area contributed by atoms with Gasteiger partial charge in [0.25, 0.3) is 0 Å². The Morgan fingerprint density at radius 3 is 2.65 bits per heavy atom. The molecule has 17 heavy (non-hydrogen) atoms. The van der Waals surface area contributed by atoms with Gasteiger partial charge in [0, 0.05) is 0 Å². The number of ether oxygens (including phenoxy) is 2. The van der Waals surface area contributed by atoms with Gasteiger partial charge >= 0.3 is 12.1 Å². The highest BCUT2D eigenvalue weighted by atomic mass is 16.6. The molecule has 1 fully saturated rings. The summed E-state index contributed by atoms with van der Waals surface area (Å²) in [5, 5.41) is 2.40. The van der Waals surface area contributed by atoms with Crippen LogP contribution in [0.3, 0.4) is 0 Å². The van der Waals surface area contributed by atoms with Crippen molar-refractivity contribution in [3.05, 3.63) is 35.9 Å². The highest BCUT2D eigenvalue weighted by Gasteiger charge is 2.37. The van der Waals surface area contributed by atoms with Crippen molar-refractivity contribution in [3.63, 3.8) is 0 Å². The molecule has 0 radical (unpaired) electrons. The molecule has 0 saturated carbocycles. The topological polar surface area (TPSA) is 64.6 Å². The second-order valence-corrected chi connectivity index (χ2v) is 3.83. The van der Waals surface area contributed by atoms with E-state index in [9.17, 15) is 9.59 Å². The van der Waals surface area contributed by atoms with Crippen LogP contribution in [0.15, 0.2) is 30.3 Å². The maximum atomic E-state index is 11.3. The molecule has 0 bridgehead atoms. The first-order valence-corrected chi connectivity index (χ1v) is 5.34. The van der Waals surface area contributed by atoms with Crippen LogP contribution in [0.5, 0.6) is 0 Å². The van der Waals surface area contributed by atoms with Crippen LogP contribution in [0.4, 0.5) is 4.79 Å². The van der Waals surface area contributed by atoms with Gasteiger partial charge in [0.15, 0.2) is 6.04 Å². The van der Waals surface area contributed by atoms with Crippen LogP contribution >= 0.6 is 0 Å². The average molecular weight is 235 g/mol. The van der Waals surface area contributed by atoms with Crippen LogP contribution < -0.4 is 5.32 Å². The molecule has 1 N–H and O–H groups in total. The fraction of sp³-hybridized carbons (Fsp3) is 0.333. The Morgan fingerprint density at radius 2 is 2.06 bits per heavy atom. The zero-order valence-corrected chi connectivity index (χ0v) is 9.38. The monoisotopic (exact) mass is 235 g/mol. The largest absolute Gasteiger partial charge is 0.415 e. The van der Waals surface area contributed by atoms with Gasteiger partial charge in [-0.1, -0.05) is 30.3 Å². The zero-order valence-electron chi connectivity index (χ0n) is 9.38. The summed E-state index contributed by atoms with van der Waals surface area (Å²) < 4.78 is 9.89. The standard InChI is InChI=1S/C12H13NO4/c1-8(10-11(14)17-12(15)13-10)16-7-9-5-3-2-4-6-9/h2-6,8,10H,7H2,1H3,(H,13,15). The Morgan fingerprint density at radius 1 is 1.35 bits per heavy atom. The normalized spacial score (nSPS) is 20.9. The SMILES string of the molecule is CC(OCc1ccccc1)C1NC(=O)OC1=O. The molecular formula is C12H13NO4. The molecule has 1 heterocycles. The second-order valence-electron chi connectivity index (χ2n) is 3.83. The summed E-state index contributed by atoms with van der Waals surface area (Å²) in [5.41, 5.74) is 1.01. The zero-order chi connectivity index (χ0) is 12.3. The highest BCUT2D eigenvalue weighted by Crippen LogP contribution is 2.10. The lowest BCUT2D eigenvalue weighted by molar-refractivity contribution is -0.138. The highest BCUT2D eigenvalue weighted by molar-refractivity contribution is 5.95. The lowest BCUT2D eigenvalue weighted by Gasteiger charge is -2.16. The lowest BCUT2D eigenvalue weighted by Crippen LogP contribution is -2.40. The number of hydrogen-bond donors (Lipinski definition) is 1. The number of cyclic esters (lactones) is 2. The van der Waals surface area contributed by atoms with Gasteiger partial charge in [-0.3, -0.25) is 0 Å². The van der Waals surface area contributed by atoms with Crippen LogP contribution in [0, 0.1) is 0 Å². The molecule has 1 aromatic carbocycles. The van der Waals surface area contributed by atoms with Gasteiger partial charge in [-0.15, -0.1) is 0 Å². The minimum Gasteiger partial charge on any atom is -0.375 e. The average Bonchev–Trinajstić information content (AvgIpc) is 2.67. The van der Waals surface area contributed by atoms with E-state index in [0.717, 1.165) is 5.56 Å². The van der Waals surface area contributed by atoms with Crippen LogP contribution in [0.25, 0.3) is 0 Å². The summed E-state index contributed by atoms with van der Waals surface area (Å²) in [7, 11) is 0. The fourth-order valence-electron chi connectivity index (χ4n) is 1.58. The molecule has 0 spiro atoms. The minimum absolute atomic E-state index is 0.391. The number of amides is 1. The van der Waals surface area contributed by atoms with E-state index >= 15 is 0 Å². The van der Waals surface area contributed by atoms with Gasteiger partial charge in [0.2, 0.25) is 0 Å². The Labute approximate surface area is 98.7 Å². The maximum absolute atomic E-state index is 11.3. The molecule has 2 atom stereocenters. The van der Waals surface area contributed by atoms with E-state index in [2.05, 4.69) is 10.1 Å². The molecule has 0 aliphatic carbocycles. The van der Waals surface area contributed by atoms with Gasteiger partial charge in [-0.05, 0) is 12.5 Å².